The van der Waals surface area contributed by atoms with Gasteiger partial charge < -0.3 is 5.32 Å². The van der Waals surface area contributed by atoms with Crippen LogP contribution in [0.1, 0.15) is 24.0 Å². The second-order valence-corrected chi connectivity index (χ2v) is 5.90. The van der Waals surface area contributed by atoms with E-state index in [9.17, 15) is 4.39 Å². The van der Waals surface area contributed by atoms with Crippen LogP contribution in [-0.4, -0.2) is 0 Å². The van der Waals surface area contributed by atoms with Gasteiger partial charge in [-0.25, -0.2) is 4.39 Å². The first kappa shape index (κ1) is 14.1. The van der Waals surface area contributed by atoms with Gasteiger partial charge in [0.1, 0.15) is 5.82 Å². The highest BCUT2D eigenvalue weighted by Crippen LogP contribution is 2.37. The molecule has 0 fully saturated rings. The summed E-state index contributed by atoms with van der Waals surface area (Å²) in [5, 5.41) is 3.28. The maximum Gasteiger partial charge on any atom is 0.133 e. The topological polar surface area (TPSA) is 12.0 Å². The van der Waals surface area contributed by atoms with Crippen LogP contribution in [0.15, 0.2) is 65.3 Å². The van der Waals surface area contributed by atoms with Gasteiger partial charge in [-0.1, -0.05) is 43.0 Å². The monoisotopic (exact) mass is 343 g/mol. The molecule has 21 heavy (non-hydrogen) atoms. The van der Waals surface area contributed by atoms with E-state index in [1.807, 2.05) is 24.3 Å². The van der Waals surface area contributed by atoms with Crippen molar-refractivity contribution in [1.82, 2.24) is 5.32 Å². The summed E-state index contributed by atoms with van der Waals surface area (Å²) in [5.74, 6) is -0.241. The number of nitrogens with one attached hydrogen (secondary N) is 1. The summed E-state index contributed by atoms with van der Waals surface area (Å²) in [7, 11) is 0. The lowest BCUT2D eigenvalue weighted by molar-refractivity contribution is 0.621. The summed E-state index contributed by atoms with van der Waals surface area (Å²) in [4.78, 5) is 0. The zero-order valence-corrected chi connectivity index (χ0v) is 13.1. The van der Waals surface area contributed by atoms with Gasteiger partial charge in [0.15, 0.2) is 0 Å². The highest BCUT2D eigenvalue weighted by Gasteiger charge is 2.21. The third kappa shape index (κ3) is 2.79. The second-order valence-electron chi connectivity index (χ2n) is 5.04. The highest BCUT2D eigenvalue weighted by atomic mass is 79.9. The molecular formula is C18H15BrFN. The maximum absolute atomic E-state index is 14.3. The second kappa shape index (κ2) is 5.86. The van der Waals surface area contributed by atoms with Crippen molar-refractivity contribution in [3.8, 4) is 0 Å². The zero-order chi connectivity index (χ0) is 14.8. The first-order chi connectivity index (χ1) is 10.2. The molecule has 0 unspecified atom stereocenters. The fourth-order valence-corrected chi connectivity index (χ4v) is 3.13. The molecule has 0 amide bonds. The van der Waals surface area contributed by atoms with Gasteiger partial charge in [0.2, 0.25) is 0 Å². The van der Waals surface area contributed by atoms with Crippen molar-refractivity contribution >= 4 is 27.2 Å². The number of halogens is 2. The summed E-state index contributed by atoms with van der Waals surface area (Å²) in [6.45, 7) is 3.99. The molecule has 1 N–H and O–H groups in total. The highest BCUT2D eigenvalue weighted by molar-refractivity contribution is 9.10. The van der Waals surface area contributed by atoms with Gasteiger partial charge in [0.25, 0.3) is 0 Å². The SMILES string of the molecule is C=C1CCC(c2ccccc2)=C(c2c(F)cccc2Br)N1. The molecule has 0 atom stereocenters. The van der Waals surface area contributed by atoms with E-state index in [-0.39, 0.29) is 5.82 Å². The summed E-state index contributed by atoms with van der Waals surface area (Å²) >= 11 is 3.46. The molecule has 1 aliphatic heterocycles. The van der Waals surface area contributed by atoms with Crippen LogP contribution in [0.4, 0.5) is 4.39 Å². The van der Waals surface area contributed by atoms with Gasteiger partial charge >= 0.3 is 0 Å². The lowest BCUT2D eigenvalue weighted by atomic mass is 9.92. The Morgan fingerprint density at radius 2 is 1.76 bits per heavy atom. The lowest BCUT2D eigenvalue weighted by Gasteiger charge is -2.25. The summed E-state index contributed by atoms with van der Waals surface area (Å²) in [6.07, 6.45) is 1.71. The third-order valence-electron chi connectivity index (χ3n) is 3.62. The smallest absolute Gasteiger partial charge is 0.133 e. The molecule has 1 heterocycles. The van der Waals surface area contributed by atoms with E-state index in [1.54, 1.807) is 6.07 Å². The first-order valence-corrected chi connectivity index (χ1v) is 7.64. The number of benzene rings is 2. The third-order valence-corrected chi connectivity index (χ3v) is 4.28. The van der Waals surface area contributed by atoms with Gasteiger partial charge in [0, 0.05) is 15.7 Å². The van der Waals surface area contributed by atoms with Gasteiger partial charge in [-0.2, -0.15) is 0 Å². The van der Waals surface area contributed by atoms with E-state index in [0.717, 1.165) is 39.8 Å². The normalized spacial score (nSPS) is 15.0. The molecule has 0 bridgehead atoms. The van der Waals surface area contributed by atoms with Gasteiger partial charge in [0.05, 0.1) is 5.70 Å². The Kier molecular flexibility index (Phi) is 3.93. The average Bonchev–Trinajstić information content (AvgIpc) is 2.48. The average molecular weight is 344 g/mol. The summed E-state index contributed by atoms with van der Waals surface area (Å²) in [6, 6.07) is 15.1. The molecule has 0 spiro atoms. The Balaban J connectivity index is 2.23. The minimum absolute atomic E-state index is 0.241. The number of rotatable bonds is 2. The molecule has 106 valence electrons. The number of allylic oxidation sites excluding steroid dienone is 2. The van der Waals surface area contributed by atoms with Crippen LogP contribution in [0.25, 0.3) is 11.3 Å². The molecule has 3 heteroatoms. The summed E-state index contributed by atoms with van der Waals surface area (Å²) < 4.78 is 15.1. The number of hydrogen-bond acceptors (Lipinski definition) is 1. The van der Waals surface area contributed by atoms with Gasteiger partial charge in [-0.05, 0) is 52.0 Å². The molecule has 0 aliphatic carbocycles. The van der Waals surface area contributed by atoms with Crippen molar-refractivity contribution in [2.75, 3.05) is 0 Å². The Hall–Kier alpha value is -1.87. The molecule has 0 aromatic heterocycles. The quantitative estimate of drug-likeness (QED) is 0.774. The Morgan fingerprint density at radius 3 is 2.48 bits per heavy atom. The minimum atomic E-state index is -0.241. The van der Waals surface area contributed by atoms with Crippen molar-refractivity contribution in [2.45, 2.75) is 12.8 Å². The molecule has 2 aromatic carbocycles. The van der Waals surface area contributed by atoms with Crippen molar-refractivity contribution in [3.05, 3.63) is 82.2 Å². The van der Waals surface area contributed by atoms with E-state index >= 15 is 0 Å². The summed E-state index contributed by atoms with van der Waals surface area (Å²) in [5.41, 5.74) is 4.52. The Morgan fingerprint density at radius 1 is 1.00 bits per heavy atom. The van der Waals surface area contributed by atoms with Gasteiger partial charge in [-0.3, -0.25) is 0 Å². The predicted molar refractivity (Wildman–Crippen MR) is 88.9 cm³/mol. The fourth-order valence-electron chi connectivity index (χ4n) is 2.59. The molecule has 0 saturated heterocycles. The Labute approximate surface area is 132 Å². The van der Waals surface area contributed by atoms with Crippen LogP contribution < -0.4 is 5.32 Å². The van der Waals surface area contributed by atoms with Crippen molar-refractivity contribution in [3.63, 3.8) is 0 Å². The maximum atomic E-state index is 14.3. The van der Waals surface area contributed by atoms with Crippen molar-refractivity contribution in [2.24, 2.45) is 0 Å². The van der Waals surface area contributed by atoms with Crippen LogP contribution in [0.5, 0.6) is 0 Å². The molecule has 1 aliphatic rings. The Bertz CT molecular complexity index is 699. The molecule has 1 nitrogen and oxygen atoms in total. The molecule has 0 radical (unpaired) electrons. The van der Waals surface area contributed by atoms with Crippen LogP contribution in [0, 0.1) is 5.82 Å². The van der Waals surface area contributed by atoms with E-state index in [2.05, 4.69) is 40.0 Å². The van der Waals surface area contributed by atoms with E-state index in [0.29, 0.717) is 5.56 Å². The van der Waals surface area contributed by atoms with Crippen LogP contribution in [-0.2, 0) is 0 Å². The van der Waals surface area contributed by atoms with Crippen LogP contribution in [0.3, 0.4) is 0 Å². The minimum Gasteiger partial charge on any atom is -0.359 e. The zero-order valence-electron chi connectivity index (χ0n) is 11.5. The molecular weight excluding hydrogens is 329 g/mol. The van der Waals surface area contributed by atoms with Crippen LogP contribution >= 0.6 is 15.9 Å². The van der Waals surface area contributed by atoms with E-state index in [4.69, 9.17) is 0 Å². The number of hydrogen-bond donors (Lipinski definition) is 1. The first-order valence-electron chi connectivity index (χ1n) is 6.84. The van der Waals surface area contributed by atoms with E-state index in [1.165, 1.54) is 6.07 Å². The standard InChI is InChI=1S/C18H15BrFN/c1-12-10-11-14(13-6-3-2-4-7-13)18(21-12)17-15(19)8-5-9-16(17)20/h2-9,21H,1,10-11H2. The van der Waals surface area contributed by atoms with Crippen molar-refractivity contribution < 1.29 is 4.39 Å². The van der Waals surface area contributed by atoms with Crippen molar-refractivity contribution in [1.29, 1.82) is 0 Å². The largest absolute Gasteiger partial charge is 0.359 e. The predicted octanol–water partition coefficient (Wildman–Crippen LogP) is 5.35. The molecule has 2 aromatic rings. The fraction of sp³-hybridized carbons (Fsp3) is 0.111. The molecule has 3 rings (SSSR count). The van der Waals surface area contributed by atoms with Gasteiger partial charge in [-0.15, -0.1) is 0 Å². The van der Waals surface area contributed by atoms with Crippen LogP contribution in [0.2, 0.25) is 0 Å². The van der Waals surface area contributed by atoms with E-state index < -0.39 is 0 Å². The molecule has 0 saturated carbocycles. The lowest BCUT2D eigenvalue weighted by Crippen LogP contribution is -2.19.